The Kier molecular flexibility index (Phi) is 5.13. The van der Waals surface area contributed by atoms with Gasteiger partial charge in [0.2, 0.25) is 0 Å². The van der Waals surface area contributed by atoms with E-state index in [0.717, 1.165) is 19.4 Å². The van der Waals surface area contributed by atoms with E-state index in [1.807, 2.05) is 26.2 Å². The van der Waals surface area contributed by atoms with Gasteiger partial charge in [0.15, 0.2) is 0 Å². The Morgan fingerprint density at radius 2 is 1.94 bits per heavy atom. The van der Waals surface area contributed by atoms with Crippen LogP contribution in [-0.4, -0.2) is 15.0 Å². The van der Waals surface area contributed by atoms with Crippen molar-refractivity contribution in [1.29, 1.82) is 0 Å². The van der Waals surface area contributed by atoms with Crippen LogP contribution in [0, 0.1) is 5.92 Å². The second kappa shape index (κ2) is 6.14. The molecule has 0 aromatic carbocycles. The van der Waals surface area contributed by atoms with E-state index in [0.29, 0.717) is 11.8 Å². The average Bonchev–Trinajstić information content (AvgIpc) is 2.57. The number of alkyl halides is 1. The Balaban J connectivity index is 2.58. The third-order valence-corrected chi connectivity index (χ3v) is 3.11. The molecule has 1 aromatic heterocycles. The van der Waals surface area contributed by atoms with Crippen molar-refractivity contribution in [3.05, 3.63) is 22.9 Å². The fourth-order valence-electron chi connectivity index (χ4n) is 1.68. The van der Waals surface area contributed by atoms with Crippen molar-refractivity contribution >= 4 is 11.6 Å². The summed E-state index contributed by atoms with van der Waals surface area (Å²) >= 11 is 5.68. The maximum atomic E-state index is 11.9. The Hall–Kier alpha value is -0.700. The molecule has 1 unspecified atom stereocenters. The van der Waals surface area contributed by atoms with Gasteiger partial charge in [-0.25, -0.2) is 4.79 Å². The van der Waals surface area contributed by atoms with Gasteiger partial charge in [0, 0.05) is 30.9 Å². The molecule has 1 heterocycles. The fourth-order valence-corrected chi connectivity index (χ4v) is 2.05. The van der Waals surface area contributed by atoms with Crippen LogP contribution in [0.1, 0.15) is 39.7 Å². The monoisotopic (exact) mass is 244 g/mol. The lowest BCUT2D eigenvalue weighted by Gasteiger charge is -2.09. The summed E-state index contributed by atoms with van der Waals surface area (Å²) in [6.45, 7) is 6.99. The molecule has 0 N–H and O–H groups in total. The largest absolute Gasteiger partial charge is 0.328 e. The van der Waals surface area contributed by atoms with Gasteiger partial charge in [0.1, 0.15) is 0 Å². The summed E-state index contributed by atoms with van der Waals surface area (Å²) < 4.78 is 3.54. The van der Waals surface area contributed by atoms with Crippen molar-refractivity contribution in [3.8, 4) is 0 Å². The molecule has 16 heavy (non-hydrogen) atoms. The summed E-state index contributed by atoms with van der Waals surface area (Å²) in [5, 5.41) is 0. The molecule has 1 aromatic rings. The van der Waals surface area contributed by atoms with Crippen LogP contribution in [0.2, 0.25) is 0 Å². The first-order valence-electron chi connectivity index (χ1n) is 5.89. The molecule has 0 saturated heterocycles. The minimum Gasteiger partial charge on any atom is -0.299 e. The number of halogens is 1. The molecule has 0 aliphatic carbocycles. The molecule has 1 rings (SSSR count). The van der Waals surface area contributed by atoms with E-state index < -0.39 is 0 Å². The van der Waals surface area contributed by atoms with E-state index in [1.54, 1.807) is 9.13 Å². The third kappa shape index (κ3) is 3.41. The van der Waals surface area contributed by atoms with Crippen molar-refractivity contribution in [2.75, 3.05) is 5.88 Å². The molecule has 4 heteroatoms. The number of rotatable bonds is 6. The molecule has 92 valence electrons. The summed E-state index contributed by atoms with van der Waals surface area (Å²) in [4.78, 5) is 11.9. The highest BCUT2D eigenvalue weighted by Crippen LogP contribution is 2.09. The molecule has 0 amide bonds. The Morgan fingerprint density at radius 3 is 2.44 bits per heavy atom. The number of aryl methyl sites for hydroxylation is 1. The smallest absolute Gasteiger partial charge is 0.299 e. The van der Waals surface area contributed by atoms with Gasteiger partial charge in [-0.3, -0.25) is 9.13 Å². The van der Waals surface area contributed by atoms with Gasteiger partial charge in [-0.05, 0) is 32.6 Å². The van der Waals surface area contributed by atoms with Crippen LogP contribution in [0.4, 0.5) is 0 Å². The van der Waals surface area contributed by atoms with Gasteiger partial charge in [-0.1, -0.05) is 6.92 Å². The fraction of sp³-hybridized carbons (Fsp3) is 0.750. The van der Waals surface area contributed by atoms with Gasteiger partial charge < -0.3 is 0 Å². The Morgan fingerprint density at radius 1 is 1.25 bits per heavy atom. The molecule has 3 nitrogen and oxygen atoms in total. The number of hydrogen-bond acceptors (Lipinski definition) is 1. The minimum atomic E-state index is 0.0908. The highest BCUT2D eigenvalue weighted by atomic mass is 35.5. The van der Waals surface area contributed by atoms with Crippen LogP contribution in [0.25, 0.3) is 0 Å². The maximum absolute atomic E-state index is 11.9. The Labute approximate surface area is 102 Å². The van der Waals surface area contributed by atoms with Gasteiger partial charge in [0.25, 0.3) is 0 Å². The van der Waals surface area contributed by atoms with E-state index in [1.165, 1.54) is 0 Å². The summed E-state index contributed by atoms with van der Waals surface area (Å²) in [6, 6.07) is 0.231. The SMILES string of the molecule is CC(CCCl)CCn1ccn(C(C)C)c1=O. The van der Waals surface area contributed by atoms with E-state index in [4.69, 9.17) is 11.6 Å². The molecular weight excluding hydrogens is 224 g/mol. The number of hydrogen-bond donors (Lipinski definition) is 0. The molecule has 0 aliphatic rings. The van der Waals surface area contributed by atoms with E-state index in [2.05, 4.69) is 6.92 Å². The zero-order valence-corrected chi connectivity index (χ0v) is 11.1. The lowest BCUT2D eigenvalue weighted by atomic mass is 10.1. The number of imidazole rings is 1. The van der Waals surface area contributed by atoms with Gasteiger partial charge in [0.05, 0.1) is 0 Å². The van der Waals surface area contributed by atoms with Crippen LogP contribution in [0.3, 0.4) is 0 Å². The molecular formula is C12H21ClN2O. The first-order chi connectivity index (χ1) is 7.56. The van der Waals surface area contributed by atoms with Gasteiger partial charge in [-0.15, -0.1) is 11.6 Å². The highest BCUT2D eigenvalue weighted by Gasteiger charge is 2.07. The highest BCUT2D eigenvalue weighted by molar-refractivity contribution is 6.17. The zero-order valence-electron chi connectivity index (χ0n) is 10.3. The molecule has 0 bridgehead atoms. The van der Waals surface area contributed by atoms with Crippen LogP contribution < -0.4 is 5.69 Å². The summed E-state index contributed by atoms with van der Waals surface area (Å²) in [7, 11) is 0. The predicted molar refractivity (Wildman–Crippen MR) is 68.2 cm³/mol. The molecule has 0 saturated carbocycles. The standard InChI is InChI=1S/C12H21ClN2O/c1-10(2)15-9-8-14(12(15)16)7-5-11(3)4-6-13/h8-11H,4-7H2,1-3H3. The van der Waals surface area contributed by atoms with Crippen molar-refractivity contribution < 1.29 is 0 Å². The molecule has 0 fully saturated rings. The Bertz CT molecular complexity index is 367. The normalized spacial score (nSPS) is 13.3. The topological polar surface area (TPSA) is 26.9 Å². The molecule has 0 radical (unpaired) electrons. The number of aromatic nitrogens is 2. The number of nitrogens with zero attached hydrogens (tertiary/aromatic N) is 2. The molecule has 0 spiro atoms. The van der Waals surface area contributed by atoms with Crippen molar-refractivity contribution in [1.82, 2.24) is 9.13 Å². The first kappa shape index (κ1) is 13.4. The second-order valence-electron chi connectivity index (χ2n) is 4.65. The lowest BCUT2D eigenvalue weighted by Crippen LogP contribution is -2.25. The zero-order chi connectivity index (χ0) is 12.1. The molecule has 1 atom stereocenters. The van der Waals surface area contributed by atoms with Crippen molar-refractivity contribution in [3.63, 3.8) is 0 Å². The van der Waals surface area contributed by atoms with Crippen LogP contribution in [0.15, 0.2) is 17.2 Å². The van der Waals surface area contributed by atoms with Gasteiger partial charge >= 0.3 is 5.69 Å². The summed E-state index contributed by atoms with van der Waals surface area (Å²) in [5.41, 5.74) is 0.0908. The molecule has 0 aliphatic heterocycles. The van der Waals surface area contributed by atoms with Crippen LogP contribution in [0.5, 0.6) is 0 Å². The maximum Gasteiger partial charge on any atom is 0.328 e. The quantitative estimate of drug-likeness (QED) is 0.707. The van der Waals surface area contributed by atoms with Crippen molar-refractivity contribution in [2.24, 2.45) is 5.92 Å². The van der Waals surface area contributed by atoms with Crippen molar-refractivity contribution in [2.45, 2.75) is 46.2 Å². The lowest BCUT2D eigenvalue weighted by molar-refractivity contribution is 0.457. The van der Waals surface area contributed by atoms with E-state index in [9.17, 15) is 4.79 Å². The second-order valence-corrected chi connectivity index (χ2v) is 5.02. The summed E-state index contributed by atoms with van der Waals surface area (Å²) in [6.07, 6.45) is 5.75. The third-order valence-electron chi connectivity index (χ3n) is 2.89. The van der Waals surface area contributed by atoms with Crippen LogP contribution in [-0.2, 0) is 6.54 Å². The van der Waals surface area contributed by atoms with E-state index >= 15 is 0 Å². The first-order valence-corrected chi connectivity index (χ1v) is 6.43. The van der Waals surface area contributed by atoms with Crippen LogP contribution >= 0.6 is 11.6 Å². The van der Waals surface area contributed by atoms with Gasteiger partial charge in [-0.2, -0.15) is 0 Å². The van der Waals surface area contributed by atoms with E-state index in [-0.39, 0.29) is 11.7 Å². The summed E-state index contributed by atoms with van der Waals surface area (Å²) in [5.74, 6) is 1.27. The average molecular weight is 245 g/mol. The minimum absolute atomic E-state index is 0.0908. The predicted octanol–water partition coefficient (Wildman–Crippen LogP) is 2.89.